The minimum Gasteiger partial charge on any atom is -0.337 e. The highest BCUT2D eigenvalue weighted by molar-refractivity contribution is 14.1. The average Bonchev–Trinajstić information content (AvgIpc) is 3.01. The number of carbonyl (C=O) groups excluding carboxylic acids is 2. The molecule has 2 amide bonds. The Hall–Kier alpha value is -2.50. The van der Waals surface area contributed by atoms with E-state index >= 15 is 0 Å². The molecule has 0 aliphatic carbocycles. The maximum atomic E-state index is 13.1. The number of anilines is 1. The van der Waals surface area contributed by atoms with Crippen LogP contribution in [-0.4, -0.2) is 61.0 Å². The molecule has 2 aromatic heterocycles. The monoisotopic (exact) mass is 606 g/mol. The lowest BCUT2D eigenvalue weighted by atomic mass is 10.1. The predicted octanol–water partition coefficient (Wildman–Crippen LogP) is 5.04. The highest BCUT2D eigenvalue weighted by atomic mass is 127. The van der Waals surface area contributed by atoms with Gasteiger partial charge in [0.2, 0.25) is 11.9 Å². The Kier molecular flexibility index (Phi) is 8.40. The molecule has 35 heavy (non-hydrogen) atoms. The maximum Gasteiger partial charge on any atom is 0.258 e. The Bertz CT molecular complexity index is 1260. The lowest BCUT2D eigenvalue weighted by molar-refractivity contribution is -0.126. The molecule has 1 aromatic carbocycles. The molecule has 4 rings (SSSR count). The summed E-state index contributed by atoms with van der Waals surface area (Å²) in [5.74, 6) is 0.146. The van der Waals surface area contributed by atoms with Gasteiger partial charge in [-0.1, -0.05) is 23.7 Å². The van der Waals surface area contributed by atoms with Crippen molar-refractivity contribution in [2.75, 3.05) is 32.0 Å². The van der Waals surface area contributed by atoms with E-state index in [1.807, 2.05) is 50.8 Å². The van der Waals surface area contributed by atoms with Crippen molar-refractivity contribution in [3.63, 3.8) is 0 Å². The third-order valence-corrected chi connectivity index (χ3v) is 6.68. The molecule has 1 atom stereocenters. The Morgan fingerprint density at radius 1 is 1.31 bits per heavy atom. The Labute approximate surface area is 223 Å². The minimum absolute atomic E-state index is 0.0106. The number of nitrogens with one attached hydrogen (secondary N) is 1. The molecule has 3 aromatic rings. The van der Waals surface area contributed by atoms with Gasteiger partial charge in [-0.2, -0.15) is 0 Å². The number of aryl methyl sites for hydroxylation is 1. The second-order valence-electron chi connectivity index (χ2n) is 8.68. The third-order valence-electron chi connectivity index (χ3n) is 5.99. The van der Waals surface area contributed by atoms with E-state index in [0.29, 0.717) is 41.7 Å². The second kappa shape index (κ2) is 11.5. The highest BCUT2D eigenvalue weighted by Gasteiger charge is 2.27. The quantitative estimate of drug-likeness (QED) is 0.242. The number of likely N-dealkylation sites (tertiary alicyclic amines) is 1. The number of hydrogen-bond acceptors (Lipinski definition) is 5. The summed E-state index contributed by atoms with van der Waals surface area (Å²) in [7, 11) is 1.95. The van der Waals surface area contributed by atoms with Crippen molar-refractivity contribution in [2.24, 2.45) is 0 Å². The highest BCUT2D eigenvalue weighted by Crippen LogP contribution is 2.34. The van der Waals surface area contributed by atoms with Gasteiger partial charge < -0.3 is 9.47 Å². The predicted molar refractivity (Wildman–Crippen MR) is 147 cm³/mol. The van der Waals surface area contributed by atoms with E-state index in [1.165, 1.54) is 0 Å². The van der Waals surface area contributed by atoms with Crippen LogP contribution in [0.2, 0.25) is 5.02 Å². The Morgan fingerprint density at radius 2 is 2.14 bits per heavy atom. The number of likely N-dealkylation sites (N-methyl/N-ethyl adjacent to an activating group) is 1. The lowest BCUT2D eigenvalue weighted by Gasteiger charge is -2.26. The first-order valence-corrected chi connectivity index (χ1v) is 12.9. The van der Waals surface area contributed by atoms with E-state index in [2.05, 4.69) is 33.2 Å². The molecule has 3 heterocycles. The van der Waals surface area contributed by atoms with Crippen molar-refractivity contribution in [1.29, 1.82) is 0 Å². The van der Waals surface area contributed by atoms with E-state index in [4.69, 9.17) is 16.6 Å². The number of hydrogen-bond donors (Lipinski definition) is 1. The summed E-state index contributed by atoms with van der Waals surface area (Å²) < 4.78 is 3.98. The van der Waals surface area contributed by atoms with Crippen LogP contribution in [0.1, 0.15) is 41.4 Å². The molecule has 1 aliphatic heterocycles. The van der Waals surface area contributed by atoms with Crippen LogP contribution >= 0.6 is 34.5 Å². The number of aromatic nitrogens is 3. The molecule has 0 radical (unpaired) electrons. The summed E-state index contributed by atoms with van der Waals surface area (Å²) in [4.78, 5) is 36.8. The van der Waals surface area contributed by atoms with Gasteiger partial charge in [0.05, 0.1) is 22.1 Å². The molecule has 184 valence electrons. The zero-order chi connectivity index (χ0) is 24.9. The van der Waals surface area contributed by atoms with Gasteiger partial charge in [0.25, 0.3) is 5.91 Å². The molecule has 8 nitrogen and oxygen atoms in total. The van der Waals surface area contributed by atoms with Gasteiger partial charge in [-0.25, -0.2) is 8.10 Å². The van der Waals surface area contributed by atoms with Crippen LogP contribution in [0.4, 0.5) is 5.95 Å². The Balaban J connectivity index is 1.68. The summed E-state index contributed by atoms with van der Waals surface area (Å²) in [5.41, 5.74) is 2.72. The number of carbonyl (C=O) groups is 2. The number of amides is 2. The fourth-order valence-corrected chi connectivity index (χ4v) is 4.83. The van der Waals surface area contributed by atoms with Crippen LogP contribution in [-0.2, 0) is 4.79 Å². The van der Waals surface area contributed by atoms with Crippen molar-refractivity contribution < 1.29 is 9.59 Å². The fourth-order valence-electron chi connectivity index (χ4n) is 4.35. The van der Waals surface area contributed by atoms with E-state index < -0.39 is 0 Å². The molecule has 1 N–H and O–H groups in total. The number of nitrogens with zero attached hydrogens (tertiary/aromatic N) is 5. The molecule has 0 unspecified atom stereocenters. The number of rotatable bonds is 6. The number of fused-ring (bicyclic) bond motifs is 1. The van der Waals surface area contributed by atoms with Crippen LogP contribution in [0, 0.1) is 6.92 Å². The van der Waals surface area contributed by atoms with Crippen molar-refractivity contribution in [3.05, 3.63) is 65.0 Å². The zero-order valence-corrected chi connectivity index (χ0v) is 22.7. The zero-order valence-electron chi connectivity index (χ0n) is 19.7. The number of imidazole rings is 1. The van der Waals surface area contributed by atoms with Crippen LogP contribution in [0.25, 0.3) is 11.0 Å². The molecule has 1 saturated heterocycles. The normalized spacial score (nSPS) is 16.7. The van der Waals surface area contributed by atoms with E-state index in [-0.39, 0.29) is 17.9 Å². The maximum absolute atomic E-state index is 13.1. The van der Waals surface area contributed by atoms with Crippen molar-refractivity contribution >= 4 is 63.3 Å². The summed E-state index contributed by atoms with van der Waals surface area (Å²) in [6.07, 6.45) is 7.85. The molecule has 0 saturated carbocycles. The van der Waals surface area contributed by atoms with Crippen LogP contribution in [0.15, 0.2) is 48.7 Å². The van der Waals surface area contributed by atoms with Gasteiger partial charge in [-0.3, -0.25) is 19.9 Å². The topological polar surface area (TPSA) is 83.4 Å². The van der Waals surface area contributed by atoms with E-state index in [9.17, 15) is 9.59 Å². The van der Waals surface area contributed by atoms with Crippen LogP contribution < -0.4 is 5.32 Å². The first kappa shape index (κ1) is 25.6. The lowest BCUT2D eigenvalue weighted by Crippen LogP contribution is -2.34. The molecule has 10 heteroatoms. The molecule has 0 bridgehead atoms. The smallest absolute Gasteiger partial charge is 0.258 e. The number of halogens is 2. The number of benzene rings is 1. The molecular weight excluding hydrogens is 579 g/mol. The first-order chi connectivity index (χ1) is 16.8. The SMILES string of the molecule is Cc1cc(C(=O)Nc2nc3cccc(Cl)c3n2[C@@H]2CCCCN(C(=O)/C=C/CN(C)I)C2)ccn1. The summed E-state index contributed by atoms with van der Waals surface area (Å²) in [6, 6.07) is 8.88. The Morgan fingerprint density at radius 3 is 2.91 bits per heavy atom. The average molecular weight is 607 g/mol. The van der Waals surface area contributed by atoms with Crippen LogP contribution in [0.5, 0.6) is 0 Å². The largest absolute Gasteiger partial charge is 0.337 e. The van der Waals surface area contributed by atoms with Gasteiger partial charge in [0, 0.05) is 66.0 Å². The minimum atomic E-state index is -0.268. The van der Waals surface area contributed by atoms with Crippen molar-refractivity contribution in [1.82, 2.24) is 22.5 Å². The number of para-hydroxylation sites is 1. The van der Waals surface area contributed by atoms with Gasteiger partial charge in [-0.05, 0) is 57.5 Å². The molecular formula is C25H28ClIN6O2. The molecule has 1 aliphatic rings. The van der Waals surface area contributed by atoms with Crippen molar-refractivity contribution in [2.45, 2.75) is 32.2 Å². The van der Waals surface area contributed by atoms with E-state index in [0.717, 1.165) is 30.5 Å². The van der Waals surface area contributed by atoms with Gasteiger partial charge >= 0.3 is 0 Å². The van der Waals surface area contributed by atoms with Gasteiger partial charge in [0.15, 0.2) is 0 Å². The number of pyridine rings is 1. The second-order valence-corrected chi connectivity index (χ2v) is 10.7. The van der Waals surface area contributed by atoms with E-state index in [1.54, 1.807) is 24.4 Å². The third kappa shape index (κ3) is 6.20. The van der Waals surface area contributed by atoms with Gasteiger partial charge in [-0.15, -0.1) is 0 Å². The molecule has 0 spiro atoms. The van der Waals surface area contributed by atoms with Gasteiger partial charge in [0.1, 0.15) is 0 Å². The first-order valence-electron chi connectivity index (χ1n) is 11.6. The summed E-state index contributed by atoms with van der Waals surface area (Å²) >= 11 is 8.81. The fraction of sp³-hybridized carbons (Fsp3) is 0.360. The summed E-state index contributed by atoms with van der Waals surface area (Å²) in [6.45, 7) is 3.74. The van der Waals surface area contributed by atoms with Crippen molar-refractivity contribution in [3.8, 4) is 0 Å². The standard InChI is InChI=1S/C25H28ClIN6O2/c1-17-15-18(11-12-28-17)24(35)30-25-29-21-9-5-8-20(26)23(21)33(25)19-7-3-4-14-32(16-19)22(34)10-6-13-31(2)27/h5-6,8-12,15,19H,3-4,7,13-14,16H2,1-2H3,(H,29,30,35)/b10-6+/t19-/m1/s1. The summed E-state index contributed by atoms with van der Waals surface area (Å²) in [5, 5.41) is 3.54. The van der Waals surface area contributed by atoms with Crippen LogP contribution in [0.3, 0.4) is 0 Å². The molecule has 1 fully saturated rings.